The minimum Gasteiger partial charge on any atom is -0.383 e. The molecule has 0 radical (unpaired) electrons. The van der Waals surface area contributed by atoms with Crippen LogP contribution in [0.2, 0.25) is 5.02 Å². The lowest BCUT2D eigenvalue weighted by molar-refractivity contribution is -0.0389. The zero-order valence-electron chi connectivity index (χ0n) is 18.9. The zero-order chi connectivity index (χ0) is 23.4. The number of benzene rings is 1. The van der Waals surface area contributed by atoms with E-state index in [0.29, 0.717) is 23.3 Å². The molecule has 3 aromatic heterocycles. The largest absolute Gasteiger partial charge is 0.383 e. The van der Waals surface area contributed by atoms with Gasteiger partial charge in [-0.15, -0.1) is 11.3 Å². The Morgan fingerprint density at radius 2 is 2.09 bits per heavy atom. The average Bonchev–Trinajstić information content (AvgIpc) is 3.54. The number of aliphatic hydroxyl groups is 1. The van der Waals surface area contributed by atoms with E-state index < -0.39 is 5.60 Å². The van der Waals surface area contributed by atoms with Gasteiger partial charge in [0, 0.05) is 52.8 Å². The molecular formula is C26H26ClFN4OS. The summed E-state index contributed by atoms with van der Waals surface area (Å²) in [5.41, 5.74) is 2.99. The van der Waals surface area contributed by atoms with Crippen molar-refractivity contribution in [2.24, 2.45) is 0 Å². The fraction of sp³-hybridized carbons (Fsp3) is 0.385. The number of hydrogen-bond acceptors (Lipinski definition) is 5. The van der Waals surface area contributed by atoms with Crippen LogP contribution in [0.4, 0.5) is 4.39 Å². The van der Waals surface area contributed by atoms with Crippen molar-refractivity contribution in [3.05, 3.63) is 58.1 Å². The van der Waals surface area contributed by atoms with Crippen LogP contribution in [0.1, 0.15) is 49.6 Å². The zero-order valence-corrected chi connectivity index (χ0v) is 20.5. The van der Waals surface area contributed by atoms with Crippen LogP contribution in [0.25, 0.3) is 32.7 Å². The number of thiazole rings is 1. The smallest absolute Gasteiger partial charge is 0.138 e. The van der Waals surface area contributed by atoms with Gasteiger partial charge in [0.25, 0.3) is 0 Å². The van der Waals surface area contributed by atoms with Crippen molar-refractivity contribution in [2.45, 2.75) is 57.2 Å². The molecule has 6 rings (SSSR count). The standard InChI is InChI=1S/C26H26ClFN4OS/c1-15-4-2-9-32(15)14-17-6-5-16(10-20(17)28)21-11-18-23(19(27)12-29-24(18)31-21)22-13-30-25(34-22)26(33)7-3-8-26/h5-6,10-13,15,33H,2-4,7-9,14H2,1H3,(H,29,31). The summed E-state index contributed by atoms with van der Waals surface area (Å²) in [4.78, 5) is 15.5. The van der Waals surface area contributed by atoms with E-state index in [2.05, 4.69) is 26.8 Å². The highest BCUT2D eigenvalue weighted by molar-refractivity contribution is 7.15. The van der Waals surface area contributed by atoms with E-state index >= 15 is 4.39 Å². The minimum atomic E-state index is -0.809. The van der Waals surface area contributed by atoms with Gasteiger partial charge >= 0.3 is 0 Å². The maximum Gasteiger partial charge on any atom is 0.138 e. The van der Waals surface area contributed by atoms with Crippen molar-refractivity contribution >= 4 is 34.0 Å². The van der Waals surface area contributed by atoms with Gasteiger partial charge in [-0.1, -0.05) is 23.7 Å². The molecule has 8 heteroatoms. The molecule has 1 aliphatic carbocycles. The maximum atomic E-state index is 15.0. The molecule has 1 unspecified atom stereocenters. The highest BCUT2D eigenvalue weighted by atomic mass is 35.5. The normalized spacial score (nSPS) is 20.2. The van der Waals surface area contributed by atoms with Gasteiger partial charge in [0.05, 0.1) is 9.90 Å². The van der Waals surface area contributed by atoms with Gasteiger partial charge in [-0.2, -0.15) is 0 Å². The fourth-order valence-corrected chi connectivity index (χ4v) is 6.52. The van der Waals surface area contributed by atoms with Gasteiger partial charge in [0.15, 0.2) is 0 Å². The average molecular weight is 497 g/mol. The SMILES string of the molecule is CC1CCCN1Cc1ccc(-c2cc3c(-c4cnc(C5(O)CCC5)s4)c(Cl)cnc3[nH]2)cc1F. The lowest BCUT2D eigenvalue weighted by atomic mass is 9.81. The second kappa shape index (κ2) is 8.41. The number of aromatic amines is 1. The first-order valence-electron chi connectivity index (χ1n) is 11.8. The highest BCUT2D eigenvalue weighted by Gasteiger charge is 2.39. The molecule has 0 spiro atoms. The van der Waals surface area contributed by atoms with Crippen molar-refractivity contribution < 1.29 is 9.50 Å². The number of H-pyrrole nitrogens is 1. The van der Waals surface area contributed by atoms with E-state index in [-0.39, 0.29) is 5.82 Å². The number of aromatic nitrogens is 3. The number of likely N-dealkylation sites (tertiary alicyclic amines) is 1. The molecule has 2 aliphatic rings. The number of halogens is 2. The van der Waals surface area contributed by atoms with Gasteiger partial charge in [-0.25, -0.2) is 14.4 Å². The van der Waals surface area contributed by atoms with E-state index in [4.69, 9.17) is 11.6 Å². The topological polar surface area (TPSA) is 65.0 Å². The molecule has 176 valence electrons. The molecule has 5 nitrogen and oxygen atoms in total. The molecule has 0 amide bonds. The van der Waals surface area contributed by atoms with Gasteiger partial charge in [0.2, 0.25) is 0 Å². The Hall–Kier alpha value is -2.32. The van der Waals surface area contributed by atoms with Crippen LogP contribution in [0.3, 0.4) is 0 Å². The van der Waals surface area contributed by atoms with Gasteiger partial charge < -0.3 is 10.1 Å². The molecule has 4 heterocycles. The van der Waals surface area contributed by atoms with E-state index in [1.54, 1.807) is 18.5 Å². The van der Waals surface area contributed by atoms with Crippen molar-refractivity contribution in [1.82, 2.24) is 19.9 Å². The summed E-state index contributed by atoms with van der Waals surface area (Å²) in [5.74, 6) is -0.192. The number of nitrogens with one attached hydrogen (secondary N) is 1. The summed E-state index contributed by atoms with van der Waals surface area (Å²) in [6, 6.07) is 7.91. The Bertz CT molecular complexity index is 1380. The lowest BCUT2D eigenvalue weighted by Crippen LogP contribution is -2.33. The lowest BCUT2D eigenvalue weighted by Gasteiger charge is -2.34. The number of nitrogens with zero attached hydrogens (tertiary/aromatic N) is 3. The Kier molecular flexibility index (Phi) is 5.48. The molecule has 1 aliphatic heterocycles. The second-order valence-corrected chi connectivity index (χ2v) is 11.0. The van der Waals surface area contributed by atoms with Crippen molar-refractivity contribution in [2.75, 3.05) is 6.54 Å². The molecule has 1 saturated carbocycles. The minimum absolute atomic E-state index is 0.192. The van der Waals surface area contributed by atoms with E-state index in [1.807, 2.05) is 18.2 Å². The van der Waals surface area contributed by atoms with Crippen molar-refractivity contribution in [3.63, 3.8) is 0 Å². The number of rotatable bonds is 5. The Morgan fingerprint density at radius 1 is 1.24 bits per heavy atom. The first-order valence-corrected chi connectivity index (χ1v) is 13.0. The molecular weight excluding hydrogens is 471 g/mol. The quantitative estimate of drug-likeness (QED) is 0.331. The third-order valence-corrected chi connectivity index (χ3v) is 8.87. The van der Waals surface area contributed by atoms with Crippen LogP contribution in [0.5, 0.6) is 0 Å². The van der Waals surface area contributed by atoms with Crippen LogP contribution >= 0.6 is 22.9 Å². The number of hydrogen-bond donors (Lipinski definition) is 2. The summed E-state index contributed by atoms with van der Waals surface area (Å²) in [5, 5.41) is 12.8. The van der Waals surface area contributed by atoms with Crippen LogP contribution in [-0.4, -0.2) is 37.5 Å². The summed E-state index contributed by atoms with van der Waals surface area (Å²) in [6.07, 6.45) is 8.24. The molecule has 1 atom stereocenters. The maximum absolute atomic E-state index is 15.0. The molecule has 2 fully saturated rings. The number of fused-ring (bicyclic) bond motifs is 1. The summed E-state index contributed by atoms with van der Waals surface area (Å²) in [6.45, 7) is 3.87. The second-order valence-electron chi connectivity index (χ2n) is 9.61. The third-order valence-electron chi connectivity index (χ3n) is 7.37. The Labute approximate surface area is 206 Å². The van der Waals surface area contributed by atoms with E-state index in [1.165, 1.54) is 24.2 Å². The Morgan fingerprint density at radius 3 is 2.79 bits per heavy atom. The van der Waals surface area contributed by atoms with Crippen LogP contribution in [0, 0.1) is 5.82 Å². The van der Waals surface area contributed by atoms with Gasteiger partial charge in [-0.3, -0.25) is 4.90 Å². The van der Waals surface area contributed by atoms with Crippen molar-refractivity contribution in [3.8, 4) is 21.7 Å². The summed E-state index contributed by atoms with van der Waals surface area (Å²) in [7, 11) is 0. The van der Waals surface area contributed by atoms with Gasteiger partial charge in [-0.05, 0) is 57.7 Å². The number of pyridine rings is 1. The summed E-state index contributed by atoms with van der Waals surface area (Å²) >= 11 is 8.05. The predicted octanol–water partition coefficient (Wildman–Crippen LogP) is 6.50. The third kappa shape index (κ3) is 3.75. The van der Waals surface area contributed by atoms with Gasteiger partial charge in [0.1, 0.15) is 22.1 Å². The summed E-state index contributed by atoms with van der Waals surface area (Å²) < 4.78 is 15.0. The molecule has 34 heavy (non-hydrogen) atoms. The molecule has 2 N–H and O–H groups in total. The molecule has 4 aromatic rings. The molecule has 1 saturated heterocycles. The van der Waals surface area contributed by atoms with Crippen LogP contribution in [0.15, 0.2) is 36.7 Å². The molecule has 0 bridgehead atoms. The first-order chi connectivity index (χ1) is 16.4. The monoisotopic (exact) mass is 496 g/mol. The highest BCUT2D eigenvalue weighted by Crippen LogP contribution is 2.46. The van der Waals surface area contributed by atoms with Crippen LogP contribution < -0.4 is 0 Å². The first kappa shape index (κ1) is 22.2. The fourth-order valence-electron chi connectivity index (χ4n) is 5.08. The van der Waals surface area contributed by atoms with Crippen LogP contribution in [-0.2, 0) is 12.1 Å². The predicted molar refractivity (Wildman–Crippen MR) is 134 cm³/mol. The van der Waals surface area contributed by atoms with Crippen molar-refractivity contribution in [1.29, 1.82) is 0 Å². The Balaban J connectivity index is 1.34. The van der Waals surface area contributed by atoms with E-state index in [9.17, 15) is 5.11 Å². The van der Waals surface area contributed by atoms with E-state index in [0.717, 1.165) is 63.5 Å². The molecule has 1 aromatic carbocycles.